The van der Waals surface area contributed by atoms with Gasteiger partial charge in [-0.05, 0) is 36.2 Å². The molecule has 2 aromatic carbocycles. The molecule has 0 unspecified atom stereocenters. The number of aliphatic imine (C=N–C) groups is 1. The number of nitrogens with zero attached hydrogens (tertiary/aromatic N) is 1. The Morgan fingerprint density at radius 3 is 2.52 bits per heavy atom. The summed E-state index contributed by atoms with van der Waals surface area (Å²) in [6.45, 7) is 0. The highest BCUT2D eigenvalue weighted by atomic mass is 79.9. The van der Waals surface area contributed by atoms with E-state index < -0.39 is 0 Å². The van der Waals surface area contributed by atoms with Crippen LogP contribution in [0.3, 0.4) is 0 Å². The van der Waals surface area contributed by atoms with Gasteiger partial charge in [0.25, 0.3) is 0 Å². The third-order valence-corrected chi connectivity index (χ3v) is 4.71. The molecule has 0 spiro atoms. The molecule has 0 aliphatic carbocycles. The van der Waals surface area contributed by atoms with Gasteiger partial charge in [0, 0.05) is 4.47 Å². The maximum absolute atomic E-state index is 12.0. The van der Waals surface area contributed by atoms with Crippen LogP contribution in [0.1, 0.15) is 5.56 Å². The summed E-state index contributed by atoms with van der Waals surface area (Å²) in [4.78, 5) is 16.5. The number of nitrogens with one attached hydrogen (secondary N) is 1. The van der Waals surface area contributed by atoms with Crippen molar-refractivity contribution < 1.29 is 4.79 Å². The summed E-state index contributed by atoms with van der Waals surface area (Å²) in [6.07, 6.45) is 0.719. The number of hydrogen-bond donors (Lipinski definition) is 1. The Labute approximate surface area is 136 Å². The zero-order valence-corrected chi connectivity index (χ0v) is 13.5. The highest BCUT2D eigenvalue weighted by molar-refractivity contribution is 9.10. The second kappa shape index (κ2) is 6.45. The van der Waals surface area contributed by atoms with Gasteiger partial charge in [-0.25, -0.2) is 4.99 Å². The topological polar surface area (TPSA) is 41.5 Å². The third-order valence-electron chi connectivity index (χ3n) is 3.10. The maximum Gasteiger partial charge on any atom is 0.239 e. The molecule has 0 radical (unpaired) electrons. The van der Waals surface area contributed by atoms with Crippen molar-refractivity contribution in [3.63, 3.8) is 0 Å². The maximum atomic E-state index is 12.0. The lowest BCUT2D eigenvalue weighted by atomic mass is 10.1. The monoisotopic (exact) mass is 360 g/mol. The van der Waals surface area contributed by atoms with Crippen molar-refractivity contribution >= 4 is 44.5 Å². The number of benzene rings is 2. The second-order valence-corrected chi connectivity index (χ2v) is 6.79. The molecule has 5 heteroatoms. The first-order valence-corrected chi connectivity index (χ1v) is 8.24. The van der Waals surface area contributed by atoms with Gasteiger partial charge in [-0.1, -0.05) is 58.0 Å². The molecule has 1 amide bonds. The molecule has 1 saturated heterocycles. The van der Waals surface area contributed by atoms with Gasteiger partial charge < -0.3 is 5.32 Å². The Bertz CT molecular complexity index is 670. The zero-order chi connectivity index (χ0) is 14.7. The van der Waals surface area contributed by atoms with Crippen molar-refractivity contribution in [2.24, 2.45) is 4.99 Å². The quantitative estimate of drug-likeness (QED) is 0.901. The molecule has 21 heavy (non-hydrogen) atoms. The van der Waals surface area contributed by atoms with E-state index in [1.807, 2.05) is 54.6 Å². The van der Waals surface area contributed by atoms with Gasteiger partial charge in [-0.3, -0.25) is 4.79 Å². The van der Waals surface area contributed by atoms with Gasteiger partial charge in [-0.15, -0.1) is 0 Å². The number of carbonyl (C=O) groups excluding carboxylic acids is 1. The van der Waals surface area contributed by atoms with Gasteiger partial charge in [0.2, 0.25) is 5.91 Å². The summed E-state index contributed by atoms with van der Waals surface area (Å²) in [7, 11) is 0. The molecular weight excluding hydrogens is 348 g/mol. The molecule has 3 nitrogen and oxygen atoms in total. The Morgan fingerprint density at radius 2 is 1.81 bits per heavy atom. The summed E-state index contributed by atoms with van der Waals surface area (Å²) in [6, 6.07) is 17.7. The SMILES string of the molecule is O=C1NC(=Nc2ccc(Br)cc2)S[C@@H]1Cc1ccccc1. The first kappa shape index (κ1) is 14.4. The average molecular weight is 361 g/mol. The van der Waals surface area contributed by atoms with E-state index in [0.29, 0.717) is 5.17 Å². The van der Waals surface area contributed by atoms with Crippen LogP contribution in [0.15, 0.2) is 64.1 Å². The number of rotatable bonds is 3. The Hall–Kier alpha value is -1.59. The van der Waals surface area contributed by atoms with E-state index >= 15 is 0 Å². The van der Waals surface area contributed by atoms with Crippen molar-refractivity contribution in [1.29, 1.82) is 0 Å². The lowest BCUT2D eigenvalue weighted by Gasteiger charge is -2.04. The van der Waals surface area contributed by atoms with Crippen LogP contribution in [0.2, 0.25) is 0 Å². The van der Waals surface area contributed by atoms with Gasteiger partial charge in [0.05, 0.1) is 10.9 Å². The largest absolute Gasteiger partial charge is 0.304 e. The molecule has 1 N–H and O–H groups in total. The van der Waals surface area contributed by atoms with Crippen LogP contribution in [0.25, 0.3) is 0 Å². The minimum Gasteiger partial charge on any atom is -0.304 e. The zero-order valence-electron chi connectivity index (χ0n) is 11.1. The minimum atomic E-state index is -0.110. The second-order valence-electron chi connectivity index (χ2n) is 4.68. The number of amides is 1. The van der Waals surface area contributed by atoms with Gasteiger partial charge in [0.1, 0.15) is 0 Å². The summed E-state index contributed by atoms with van der Waals surface area (Å²) in [5.41, 5.74) is 2.00. The Kier molecular flexibility index (Phi) is 4.41. The third kappa shape index (κ3) is 3.74. The van der Waals surface area contributed by atoms with Crippen LogP contribution in [0, 0.1) is 0 Å². The van der Waals surface area contributed by atoms with E-state index in [2.05, 4.69) is 26.2 Å². The molecule has 3 rings (SSSR count). The van der Waals surface area contributed by atoms with Gasteiger partial charge in [0.15, 0.2) is 5.17 Å². The fourth-order valence-corrected chi connectivity index (χ4v) is 3.35. The van der Waals surface area contributed by atoms with Gasteiger partial charge in [-0.2, -0.15) is 0 Å². The molecule has 0 saturated carbocycles. The Morgan fingerprint density at radius 1 is 1.10 bits per heavy atom. The van der Waals surface area contributed by atoms with E-state index in [-0.39, 0.29) is 11.2 Å². The van der Waals surface area contributed by atoms with Crippen LogP contribution < -0.4 is 5.32 Å². The van der Waals surface area contributed by atoms with E-state index in [1.165, 1.54) is 11.8 Å². The summed E-state index contributed by atoms with van der Waals surface area (Å²) in [5.74, 6) is 0.0275. The van der Waals surface area contributed by atoms with E-state index in [0.717, 1.165) is 22.1 Å². The molecule has 1 fully saturated rings. The van der Waals surface area contributed by atoms with Gasteiger partial charge >= 0.3 is 0 Å². The van der Waals surface area contributed by atoms with E-state index in [4.69, 9.17) is 0 Å². The van der Waals surface area contributed by atoms with Crippen LogP contribution >= 0.6 is 27.7 Å². The molecule has 0 bridgehead atoms. The molecular formula is C16H13BrN2OS. The molecule has 0 aromatic heterocycles. The number of halogens is 1. The number of thioether (sulfide) groups is 1. The lowest BCUT2D eigenvalue weighted by molar-refractivity contribution is -0.118. The fraction of sp³-hybridized carbons (Fsp3) is 0.125. The smallest absolute Gasteiger partial charge is 0.239 e. The van der Waals surface area contributed by atoms with Crippen molar-refractivity contribution in [2.45, 2.75) is 11.7 Å². The Balaban J connectivity index is 1.71. The summed E-state index contributed by atoms with van der Waals surface area (Å²) in [5, 5.41) is 3.41. The van der Waals surface area contributed by atoms with Crippen molar-refractivity contribution in [2.75, 3.05) is 0 Å². The van der Waals surface area contributed by atoms with Crippen LogP contribution in [-0.2, 0) is 11.2 Å². The molecule has 1 aliphatic rings. The van der Waals surface area contributed by atoms with Crippen molar-refractivity contribution in [3.05, 3.63) is 64.6 Å². The number of hydrogen-bond acceptors (Lipinski definition) is 3. The first-order valence-electron chi connectivity index (χ1n) is 6.56. The standard InChI is InChI=1S/C16H13BrN2OS/c17-12-6-8-13(9-7-12)18-16-19-15(20)14(21-16)10-11-4-2-1-3-5-11/h1-9,14H,10H2,(H,18,19,20)/t14-/m1/s1. The van der Waals surface area contributed by atoms with Crippen LogP contribution in [0.4, 0.5) is 5.69 Å². The summed E-state index contributed by atoms with van der Waals surface area (Å²) >= 11 is 4.88. The first-order chi connectivity index (χ1) is 10.2. The van der Waals surface area contributed by atoms with Crippen LogP contribution in [-0.4, -0.2) is 16.3 Å². The van der Waals surface area contributed by atoms with Crippen molar-refractivity contribution in [1.82, 2.24) is 5.32 Å². The predicted molar refractivity (Wildman–Crippen MR) is 90.9 cm³/mol. The van der Waals surface area contributed by atoms with E-state index in [1.54, 1.807) is 0 Å². The molecule has 1 atom stereocenters. The van der Waals surface area contributed by atoms with Crippen molar-refractivity contribution in [3.8, 4) is 0 Å². The average Bonchev–Trinajstić information content (AvgIpc) is 2.82. The fourth-order valence-electron chi connectivity index (χ4n) is 2.05. The van der Waals surface area contributed by atoms with E-state index in [9.17, 15) is 4.79 Å². The lowest BCUT2D eigenvalue weighted by Crippen LogP contribution is -2.25. The molecule has 106 valence electrons. The molecule has 2 aromatic rings. The summed E-state index contributed by atoms with van der Waals surface area (Å²) < 4.78 is 1.01. The number of amidine groups is 1. The highest BCUT2D eigenvalue weighted by Crippen LogP contribution is 2.26. The predicted octanol–water partition coefficient (Wildman–Crippen LogP) is 3.91. The molecule has 1 aliphatic heterocycles. The number of carbonyl (C=O) groups is 1. The minimum absolute atomic E-state index is 0.0275. The normalized spacial score (nSPS) is 19.8. The molecule has 1 heterocycles. The highest BCUT2D eigenvalue weighted by Gasteiger charge is 2.30. The van der Waals surface area contributed by atoms with Crippen LogP contribution in [0.5, 0.6) is 0 Å².